The molecule has 1 unspecified atom stereocenters. The number of rotatable bonds is 3. The van der Waals surface area contributed by atoms with Crippen molar-refractivity contribution in [1.29, 1.82) is 0 Å². The molecule has 0 saturated carbocycles. The Kier molecular flexibility index (Phi) is 8.13. The number of amides is 1. The highest BCUT2D eigenvalue weighted by Crippen LogP contribution is 2.11. The monoisotopic (exact) mass is 320 g/mol. The van der Waals surface area contributed by atoms with E-state index in [-0.39, 0.29) is 36.4 Å². The van der Waals surface area contributed by atoms with Gasteiger partial charge in [-0.2, -0.15) is 0 Å². The Morgan fingerprint density at radius 1 is 1.30 bits per heavy atom. The van der Waals surface area contributed by atoms with Crippen molar-refractivity contribution in [2.75, 3.05) is 13.1 Å². The van der Waals surface area contributed by atoms with Crippen molar-refractivity contribution < 1.29 is 10.0 Å². The van der Waals surface area contributed by atoms with E-state index in [0.717, 1.165) is 25.9 Å². The lowest BCUT2D eigenvalue weighted by Gasteiger charge is -2.20. The van der Waals surface area contributed by atoms with E-state index in [4.69, 9.17) is 10.9 Å². The third kappa shape index (κ3) is 4.06. The molecule has 0 aromatic carbocycles. The highest BCUT2D eigenvalue weighted by molar-refractivity contribution is 6.15. The maximum atomic E-state index is 12.1. The summed E-state index contributed by atoms with van der Waals surface area (Å²) in [7, 11) is 0. The number of hydrogen-bond acceptors (Lipinski definition) is 5. The van der Waals surface area contributed by atoms with Crippen LogP contribution in [-0.4, -0.2) is 45.8 Å². The van der Waals surface area contributed by atoms with Crippen LogP contribution in [0.4, 0.5) is 0 Å². The number of oxime groups is 1. The minimum atomic E-state index is -0.935. The molecule has 1 amide bonds. The molecule has 1 aliphatic heterocycles. The summed E-state index contributed by atoms with van der Waals surface area (Å²) in [6.07, 6.45) is 5.12. The summed E-state index contributed by atoms with van der Waals surface area (Å²) in [5.74, 6) is -0.197. The fourth-order valence-corrected chi connectivity index (χ4v) is 2.07. The van der Waals surface area contributed by atoms with Crippen molar-refractivity contribution in [3.63, 3.8) is 0 Å². The number of nitrogens with zero attached hydrogens (tertiary/aromatic N) is 3. The lowest BCUT2D eigenvalue weighted by Crippen LogP contribution is -2.47. The molecule has 0 bridgehead atoms. The molecule has 3 N–H and O–H groups in total. The highest BCUT2D eigenvalue weighted by atomic mass is 35.5. The number of likely N-dealkylation sites (tertiary alicyclic amines) is 1. The summed E-state index contributed by atoms with van der Waals surface area (Å²) in [4.78, 5) is 17.7. The van der Waals surface area contributed by atoms with Crippen LogP contribution in [0.5, 0.6) is 0 Å². The van der Waals surface area contributed by atoms with Gasteiger partial charge in [-0.25, -0.2) is 0 Å². The molecule has 0 spiro atoms. The van der Waals surface area contributed by atoms with Crippen molar-refractivity contribution in [2.24, 2.45) is 10.9 Å². The van der Waals surface area contributed by atoms with Gasteiger partial charge in [0.25, 0.3) is 0 Å². The minimum absolute atomic E-state index is 0. The molecule has 6 nitrogen and oxygen atoms in total. The van der Waals surface area contributed by atoms with Crippen LogP contribution in [0.15, 0.2) is 29.7 Å². The quantitative estimate of drug-likeness (QED) is 0.494. The zero-order chi connectivity index (χ0) is 13.0. The van der Waals surface area contributed by atoms with Crippen LogP contribution in [0, 0.1) is 0 Å². The molecule has 1 aromatic rings. The first-order chi connectivity index (χ1) is 8.74. The van der Waals surface area contributed by atoms with Crippen molar-refractivity contribution in [3.8, 4) is 0 Å². The van der Waals surface area contributed by atoms with E-state index >= 15 is 0 Å². The van der Waals surface area contributed by atoms with Crippen molar-refractivity contribution in [3.05, 3.63) is 30.1 Å². The summed E-state index contributed by atoms with van der Waals surface area (Å²) < 4.78 is 0. The maximum Gasteiger partial charge on any atom is 0.245 e. The molecule has 8 heteroatoms. The first-order valence-corrected chi connectivity index (χ1v) is 5.90. The molecule has 2 heterocycles. The summed E-state index contributed by atoms with van der Waals surface area (Å²) in [5.41, 5.74) is 6.66. The Morgan fingerprint density at radius 3 is 2.35 bits per heavy atom. The van der Waals surface area contributed by atoms with Crippen LogP contribution >= 0.6 is 24.8 Å². The second kappa shape index (κ2) is 8.73. The third-order valence-corrected chi connectivity index (χ3v) is 3.06. The number of pyridine rings is 1. The molecule has 0 radical (unpaired) electrons. The van der Waals surface area contributed by atoms with Crippen molar-refractivity contribution in [2.45, 2.75) is 18.9 Å². The fourth-order valence-electron chi connectivity index (χ4n) is 2.07. The summed E-state index contributed by atoms with van der Waals surface area (Å²) in [6, 6.07) is 2.38. The van der Waals surface area contributed by atoms with Crippen LogP contribution < -0.4 is 5.73 Å². The number of carbonyl (C=O) groups is 1. The van der Waals surface area contributed by atoms with Gasteiger partial charge in [0.2, 0.25) is 5.91 Å². The fraction of sp³-hybridized carbons (Fsp3) is 0.417. The average molecular weight is 321 g/mol. The zero-order valence-electron chi connectivity index (χ0n) is 10.8. The van der Waals surface area contributed by atoms with E-state index < -0.39 is 6.04 Å². The number of aromatic nitrogens is 1. The van der Waals surface area contributed by atoms with Gasteiger partial charge >= 0.3 is 0 Å². The summed E-state index contributed by atoms with van der Waals surface area (Å²) in [6.45, 7) is 1.45. The van der Waals surface area contributed by atoms with Gasteiger partial charge in [0, 0.05) is 31.0 Å². The van der Waals surface area contributed by atoms with Gasteiger partial charge in [-0.15, -0.1) is 24.8 Å². The Labute approximate surface area is 129 Å². The van der Waals surface area contributed by atoms with E-state index in [2.05, 4.69) is 10.1 Å². The molecule has 20 heavy (non-hydrogen) atoms. The minimum Gasteiger partial charge on any atom is -0.411 e. The van der Waals surface area contributed by atoms with E-state index in [1.165, 1.54) is 0 Å². The molecule has 1 fully saturated rings. The molecule has 1 atom stereocenters. The Balaban J connectivity index is 0.00000180. The SMILES string of the molecule is Cl.Cl.NC(C(=O)N1CCCC1)C(=NO)c1ccncc1. The average Bonchev–Trinajstić information content (AvgIpc) is 2.94. The van der Waals surface area contributed by atoms with Gasteiger partial charge in [0.1, 0.15) is 11.8 Å². The number of hydrogen-bond donors (Lipinski definition) is 2. The summed E-state index contributed by atoms with van der Waals surface area (Å²) >= 11 is 0. The van der Waals surface area contributed by atoms with Crippen LogP contribution in [0.1, 0.15) is 18.4 Å². The smallest absolute Gasteiger partial charge is 0.245 e. The Morgan fingerprint density at radius 2 is 1.85 bits per heavy atom. The second-order valence-corrected chi connectivity index (χ2v) is 4.23. The first-order valence-electron chi connectivity index (χ1n) is 5.90. The lowest BCUT2D eigenvalue weighted by molar-refractivity contribution is -0.129. The van der Waals surface area contributed by atoms with Gasteiger partial charge in [-0.05, 0) is 25.0 Å². The molecular formula is C12H18Cl2N4O2. The van der Waals surface area contributed by atoms with Crippen LogP contribution in [-0.2, 0) is 4.79 Å². The van der Waals surface area contributed by atoms with Gasteiger partial charge in [0.05, 0.1) is 0 Å². The molecule has 1 saturated heterocycles. The molecule has 112 valence electrons. The van der Waals surface area contributed by atoms with Crippen molar-refractivity contribution in [1.82, 2.24) is 9.88 Å². The number of halogens is 2. The largest absolute Gasteiger partial charge is 0.411 e. The van der Waals surface area contributed by atoms with Gasteiger partial charge in [-0.1, -0.05) is 5.16 Å². The standard InChI is InChI=1S/C12H16N4O2.2ClH/c13-10(12(17)16-7-1-2-8-16)11(15-18)9-3-5-14-6-4-9;;/h3-6,10,18H,1-2,7-8,13H2;2*1H. The van der Waals surface area contributed by atoms with E-state index in [1.54, 1.807) is 29.4 Å². The second-order valence-electron chi connectivity index (χ2n) is 4.23. The molecule has 0 aliphatic carbocycles. The normalized spacial score (nSPS) is 16.1. The topological polar surface area (TPSA) is 91.8 Å². The molecule has 1 aliphatic rings. The van der Waals surface area contributed by atoms with Gasteiger partial charge in [-0.3, -0.25) is 9.78 Å². The number of carbonyl (C=O) groups excluding carboxylic acids is 1. The predicted octanol–water partition coefficient (Wildman–Crippen LogP) is 1.05. The lowest BCUT2D eigenvalue weighted by atomic mass is 10.0. The van der Waals surface area contributed by atoms with Gasteiger partial charge < -0.3 is 15.8 Å². The summed E-state index contributed by atoms with van der Waals surface area (Å²) in [5, 5.41) is 12.2. The Bertz CT molecular complexity index is 450. The highest BCUT2D eigenvalue weighted by Gasteiger charge is 2.28. The Hall–Kier alpha value is -1.37. The van der Waals surface area contributed by atoms with Crippen LogP contribution in [0.2, 0.25) is 0 Å². The van der Waals surface area contributed by atoms with E-state index in [0.29, 0.717) is 5.56 Å². The van der Waals surface area contributed by atoms with Gasteiger partial charge in [0.15, 0.2) is 0 Å². The molecule has 2 rings (SSSR count). The molecular weight excluding hydrogens is 303 g/mol. The third-order valence-electron chi connectivity index (χ3n) is 3.06. The first kappa shape index (κ1) is 18.6. The van der Waals surface area contributed by atoms with Crippen molar-refractivity contribution >= 4 is 36.4 Å². The molecule has 1 aromatic heterocycles. The maximum absolute atomic E-state index is 12.1. The number of nitrogens with two attached hydrogens (primary N) is 1. The predicted molar refractivity (Wildman–Crippen MR) is 80.8 cm³/mol. The van der Waals surface area contributed by atoms with E-state index in [9.17, 15) is 4.79 Å². The zero-order valence-corrected chi connectivity index (χ0v) is 12.4. The van der Waals surface area contributed by atoms with Crippen LogP contribution in [0.3, 0.4) is 0 Å². The van der Waals surface area contributed by atoms with E-state index in [1.807, 2.05) is 0 Å². The van der Waals surface area contributed by atoms with Crippen LogP contribution in [0.25, 0.3) is 0 Å².